The second kappa shape index (κ2) is 7.84. The van der Waals surface area contributed by atoms with E-state index >= 15 is 0 Å². The number of hydrogen-bond acceptors (Lipinski definition) is 5. The summed E-state index contributed by atoms with van der Waals surface area (Å²) in [5.74, 6) is 0.806. The lowest BCUT2D eigenvalue weighted by Crippen LogP contribution is -2.51. The Morgan fingerprint density at radius 1 is 1.11 bits per heavy atom. The molecule has 2 saturated heterocycles. The van der Waals surface area contributed by atoms with E-state index in [0.29, 0.717) is 17.6 Å². The molecule has 27 heavy (non-hydrogen) atoms. The van der Waals surface area contributed by atoms with Crippen LogP contribution >= 0.6 is 0 Å². The quantitative estimate of drug-likeness (QED) is 0.810. The molecule has 0 aromatic carbocycles. The number of pyridine rings is 1. The highest BCUT2D eigenvalue weighted by Gasteiger charge is 2.33. The van der Waals surface area contributed by atoms with Crippen LogP contribution in [0.4, 0.5) is 5.82 Å². The van der Waals surface area contributed by atoms with Crippen LogP contribution in [0, 0.1) is 5.92 Å². The van der Waals surface area contributed by atoms with Crippen molar-refractivity contribution in [3.05, 3.63) is 23.9 Å². The summed E-state index contributed by atoms with van der Waals surface area (Å²) in [5, 5.41) is 3.17. The molecule has 7 nitrogen and oxygen atoms in total. The van der Waals surface area contributed by atoms with Crippen molar-refractivity contribution in [1.82, 2.24) is 15.2 Å². The predicted octanol–water partition coefficient (Wildman–Crippen LogP) is 1.14. The Hall–Kier alpha value is -2.15. The number of hydrogen-bond donors (Lipinski definition) is 2. The van der Waals surface area contributed by atoms with Gasteiger partial charge in [0.1, 0.15) is 5.82 Å². The molecule has 3 N–H and O–H groups in total. The fourth-order valence-corrected chi connectivity index (χ4v) is 4.30. The number of piperidine rings is 2. The van der Waals surface area contributed by atoms with E-state index in [2.05, 4.69) is 20.1 Å². The minimum atomic E-state index is -0.419. The predicted molar refractivity (Wildman–Crippen MR) is 103 cm³/mol. The largest absolute Gasteiger partial charge is 0.366 e. The molecule has 1 aromatic heterocycles. The van der Waals surface area contributed by atoms with Crippen LogP contribution in [0.15, 0.2) is 18.3 Å². The van der Waals surface area contributed by atoms with Gasteiger partial charge in [0.2, 0.25) is 11.8 Å². The number of nitrogens with one attached hydrogen (secondary N) is 1. The third-order valence-corrected chi connectivity index (χ3v) is 6.08. The third kappa shape index (κ3) is 4.40. The van der Waals surface area contributed by atoms with Crippen LogP contribution in [0.2, 0.25) is 0 Å². The van der Waals surface area contributed by atoms with E-state index in [1.54, 1.807) is 18.3 Å². The Kier molecular flexibility index (Phi) is 5.29. The Morgan fingerprint density at radius 2 is 1.89 bits per heavy atom. The first-order valence-corrected chi connectivity index (χ1v) is 10.2. The van der Waals surface area contributed by atoms with Crippen molar-refractivity contribution in [2.75, 3.05) is 31.1 Å². The summed E-state index contributed by atoms with van der Waals surface area (Å²) in [6.45, 7) is 3.80. The molecule has 0 spiro atoms. The average molecular weight is 371 g/mol. The number of nitrogens with two attached hydrogens (primary N) is 1. The molecular formula is C20H29N5O2. The van der Waals surface area contributed by atoms with Gasteiger partial charge >= 0.3 is 0 Å². The summed E-state index contributed by atoms with van der Waals surface area (Å²) >= 11 is 0. The first-order valence-electron chi connectivity index (χ1n) is 10.2. The van der Waals surface area contributed by atoms with Gasteiger partial charge in [0.05, 0.1) is 5.92 Å². The van der Waals surface area contributed by atoms with Gasteiger partial charge in [-0.1, -0.05) is 0 Å². The van der Waals surface area contributed by atoms with E-state index in [1.807, 2.05) is 0 Å². The van der Waals surface area contributed by atoms with Gasteiger partial charge in [-0.25, -0.2) is 4.98 Å². The monoisotopic (exact) mass is 371 g/mol. The van der Waals surface area contributed by atoms with Crippen molar-refractivity contribution in [2.24, 2.45) is 11.7 Å². The maximum atomic E-state index is 12.4. The molecule has 1 aromatic rings. The number of amides is 2. The number of primary amides is 1. The van der Waals surface area contributed by atoms with Gasteiger partial charge in [-0.15, -0.1) is 0 Å². The number of anilines is 1. The zero-order chi connectivity index (χ0) is 18.8. The van der Waals surface area contributed by atoms with Crippen LogP contribution in [0.3, 0.4) is 0 Å². The number of likely N-dealkylation sites (tertiary alicyclic amines) is 1. The highest BCUT2D eigenvalue weighted by Crippen LogP contribution is 2.27. The van der Waals surface area contributed by atoms with Crippen molar-refractivity contribution in [2.45, 2.75) is 50.6 Å². The van der Waals surface area contributed by atoms with E-state index in [1.165, 1.54) is 0 Å². The van der Waals surface area contributed by atoms with Crippen molar-refractivity contribution in [1.29, 1.82) is 0 Å². The van der Waals surface area contributed by atoms with Gasteiger partial charge in [-0.05, 0) is 57.2 Å². The normalized spacial score (nSPS) is 24.6. The van der Waals surface area contributed by atoms with Gasteiger partial charge in [-0.2, -0.15) is 0 Å². The summed E-state index contributed by atoms with van der Waals surface area (Å²) in [4.78, 5) is 32.9. The van der Waals surface area contributed by atoms with Crippen molar-refractivity contribution >= 4 is 17.6 Å². The van der Waals surface area contributed by atoms with Crippen LogP contribution in [0.1, 0.15) is 48.9 Å². The molecule has 2 aliphatic heterocycles. The smallest absolute Gasteiger partial charge is 0.248 e. The fourth-order valence-electron chi connectivity index (χ4n) is 4.30. The van der Waals surface area contributed by atoms with Crippen molar-refractivity contribution < 1.29 is 9.59 Å². The van der Waals surface area contributed by atoms with E-state index in [4.69, 9.17) is 5.73 Å². The van der Waals surface area contributed by atoms with E-state index in [9.17, 15) is 9.59 Å². The van der Waals surface area contributed by atoms with E-state index in [-0.39, 0.29) is 11.8 Å². The molecule has 3 fully saturated rings. The molecule has 7 heteroatoms. The Labute approximate surface area is 160 Å². The molecule has 1 aliphatic carbocycles. The first-order chi connectivity index (χ1) is 13.1. The molecule has 2 amide bonds. The van der Waals surface area contributed by atoms with Gasteiger partial charge in [0.15, 0.2) is 0 Å². The molecular weight excluding hydrogens is 342 g/mol. The Morgan fingerprint density at radius 3 is 2.59 bits per heavy atom. The second-order valence-corrected chi connectivity index (χ2v) is 8.10. The summed E-state index contributed by atoms with van der Waals surface area (Å²) < 4.78 is 0. The molecule has 0 unspecified atom stereocenters. The summed E-state index contributed by atoms with van der Waals surface area (Å²) in [7, 11) is 0. The van der Waals surface area contributed by atoms with Gasteiger partial charge < -0.3 is 16.0 Å². The molecule has 3 heterocycles. The molecule has 0 radical (unpaired) electrons. The lowest BCUT2D eigenvalue weighted by atomic mass is 9.93. The third-order valence-electron chi connectivity index (χ3n) is 6.08. The van der Waals surface area contributed by atoms with Crippen molar-refractivity contribution in [3.63, 3.8) is 0 Å². The van der Waals surface area contributed by atoms with Gasteiger partial charge in [0.25, 0.3) is 0 Å². The van der Waals surface area contributed by atoms with Crippen LogP contribution in [-0.2, 0) is 4.79 Å². The fraction of sp³-hybridized carbons (Fsp3) is 0.650. The highest BCUT2D eigenvalue weighted by molar-refractivity contribution is 5.93. The minimum Gasteiger partial charge on any atom is -0.366 e. The summed E-state index contributed by atoms with van der Waals surface area (Å²) in [6, 6.07) is 4.40. The first kappa shape index (κ1) is 18.2. The van der Waals surface area contributed by atoms with E-state index < -0.39 is 5.91 Å². The Bertz CT molecular complexity index is 697. The van der Waals surface area contributed by atoms with Crippen LogP contribution in [-0.4, -0.2) is 60.0 Å². The minimum absolute atomic E-state index is 0.145. The molecule has 1 saturated carbocycles. The van der Waals surface area contributed by atoms with Crippen LogP contribution in [0.25, 0.3) is 0 Å². The number of carbonyl (C=O) groups is 2. The topological polar surface area (TPSA) is 91.6 Å². The SMILES string of the molecule is NC(=O)c1ccnc(N2CCC(N3CCC[C@H](C(=O)NC4CC4)C3)CC2)c1. The lowest BCUT2D eigenvalue weighted by molar-refractivity contribution is -0.127. The number of aromatic nitrogens is 1. The standard InChI is InChI=1S/C20H29N5O2/c21-19(26)14-5-8-22-18(12-14)24-10-6-17(7-11-24)25-9-1-2-15(13-25)20(27)23-16-3-4-16/h5,8,12,15-17H,1-4,6-7,9-11,13H2,(H2,21,26)(H,23,27)/t15-/m0/s1. The number of rotatable bonds is 5. The molecule has 146 valence electrons. The van der Waals surface area contributed by atoms with Crippen LogP contribution in [0.5, 0.6) is 0 Å². The zero-order valence-electron chi connectivity index (χ0n) is 15.8. The molecule has 1 atom stereocenters. The maximum absolute atomic E-state index is 12.4. The van der Waals surface area contributed by atoms with Crippen molar-refractivity contribution in [3.8, 4) is 0 Å². The zero-order valence-corrected chi connectivity index (χ0v) is 15.8. The second-order valence-electron chi connectivity index (χ2n) is 8.10. The van der Waals surface area contributed by atoms with Crippen LogP contribution < -0.4 is 16.0 Å². The average Bonchev–Trinajstić information content (AvgIpc) is 3.52. The summed E-state index contributed by atoms with van der Waals surface area (Å²) in [6.07, 6.45) is 8.16. The van der Waals surface area contributed by atoms with Gasteiger partial charge in [-0.3, -0.25) is 14.5 Å². The molecule has 3 aliphatic rings. The van der Waals surface area contributed by atoms with Gasteiger partial charge in [0, 0.05) is 43.5 Å². The lowest BCUT2D eigenvalue weighted by Gasteiger charge is -2.42. The summed E-state index contributed by atoms with van der Waals surface area (Å²) in [5.41, 5.74) is 5.88. The number of nitrogens with zero attached hydrogens (tertiary/aromatic N) is 3. The molecule has 0 bridgehead atoms. The number of carbonyl (C=O) groups excluding carboxylic acids is 2. The highest BCUT2D eigenvalue weighted by atomic mass is 16.2. The maximum Gasteiger partial charge on any atom is 0.248 e. The Balaban J connectivity index is 1.31. The van der Waals surface area contributed by atoms with E-state index in [0.717, 1.165) is 70.5 Å². The molecule has 4 rings (SSSR count).